The molecule has 2 aliphatic rings. The molecule has 21 heavy (non-hydrogen) atoms. The lowest BCUT2D eigenvalue weighted by Gasteiger charge is -2.29. The summed E-state index contributed by atoms with van der Waals surface area (Å²) in [5, 5.41) is 3.39. The Bertz CT molecular complexity index is 499. The Kier molecular flexibility index (Phi) is 4.56. The summed E-state index contributed by atoms with van der Waals surface area (Å²) in [6.45, 7) is 2.69. The van der Waals surface area contributed by atoms with E-state index in [2.05, 4.69) is 23.5 Å². The highest BCUT2D eigenvalue weighted by Gasteiger charge is 2.31. The number of nitrogens with one attached hydrogen (secondary N) is 1. The van der Waals surface area contributed by atoms with Crippen LogP contribution in [0.5, 0.6) is 0 Å². The molecule has 1 heterocycles. The third-order valence-electron chi connectivity index (χ3n) is 4.54. The lowest BCUT2D eigenvalue weighted by atomic mass is 10.00. The van der Waals surface area contributed by atoms with Crippen molar-refractivity contribution in [2.75, 3.05) is 26.8 Å². The fourth-order valence-corrected chi connectivity index (χ4v) is 3.08. The molecule has 4 nitrogen and oxygen atoms in total. The average molecular weight is 288 g/mol. The van der Waals surface area contributed by atoms with Crippen LogP contribution in [0, 0.1) is 5.92 Å². The van der Waals surface area contributed by atoms with E-state index in [4.69, 9.17) is 4.74 Å². The van der Waals surface area contributed by atoms with Gasteiger partial charge in [-0.05, 0) is 36.3 Å². The molecular weight excluding hydrogens is 264 g/mol. The number of carbonyl (C=O) groups is 1. The van der Waals surface area contributed by atoms with E-state index in [1.54, 1.807) is 7.11 Å². The number of carbonyl (C=O) groups excluding carboxylic acids is 1. The fraction of sp³-hybridized carbons (Fsp3) is 0.588. The molecule has 0 radical (unpaired) electrons. The van der Waals surface area contributed by atoms with Crippen molar-refractivity contribution < 1.29 is 9.53 Å². The summed E-state index contributed by atoms with van der Waals surface area (Å²) in [5.41, 5.74) is 2.66. The van der Waals surface area contributed by atoms with E-state index in [0.29, 0.717) is 25.1 Å². The second-order valence-electron chi connectivity index (χ2n) is 6.11. The highest BCUT2D eigenvalue weighted by atomic mass is 16.5. The van der Waals surface area contributed by atoms with Crippen molar-refractivity contribution in [2.45, 2.75) is 31.8 Å². The molecule has 1 atom stereocenters. The highest BCUT2D eigenvalue weighted by molar-refractivity contribution is 5.78. The van der Waals surface area contributed by atoms with Crippen molar-refractivity contribution in [3.05, 3.63) is 35.4 Å². The van der Waals surface area contributed by atoms with Crippen LogP contribution in [0.2, 0.25) is 0 Å². The van der Waals surface area contributed by atoms with Gasteiger partial charge in [0, 0.05) is 26.2 Å². The molecule has 1 fully saturated rings. The number of amides is 1. The zero-order valence-electron chi connectivity index (χ0n) is 12.7. The Morgan fingerprint density at radius 1 is 1.38 bits per heavy atom. The van der Waals surface area contributed by atoms with E-state index in [0.717, 1.165) is 19.5 Å². The van der Waals surface area contributed by atoms with Crippen molar-refractivity contribution in [2.24, 2.45) is 5.92 Å². The SMILES string of the molecule is COCC(NCC(=O)N1CCc2ccccc2C1)C1CC1. The van der Waals surface area contributed by atoms with E-state index < -0.39 is 0 Å². The molecule has 0 saturated heterocycles. The van der Waals surface area contributed by atoms with Gasteiger partial charge in [-0.2, -0.15) is 0 Å². The van der Waals surface area contributed by atoms with Gasteiger partial charge in [-0.3, -0.25) is 4.79 Å². The normalized spacial score (nSPS) is 19.2. The maximum atomic E-state index is 12.4. The van der Waals surface area contributed by atoms with Crippen molar-refractivity contribution in [1.29, 1.82) is 0 Å². The molecule has 4 heteroatoms. The number of hydrogen-bond donors (Lipinski definition) is 1. The molecule has 0 spiro atoms. The van der Waals surface area contributed by atoms with Crippen molar-refractivity contribution in [3.8, 4) is 0 Å². The Labute approximate surface area is 126 Å². The summed E-state index contributed by atoms with van der Waals surface area (Å²) in [6.07, 6.45) is 3.48. The maximum absolute atomic E-state index is 12.4. The molecule has 1 unspecified atom stereocenters. The van der Waals surface area contributed by atoms with Gasteiger partial charge in [0.05, 0.1) is 13.2 Å². The minimum atomic E-state index is 0.200. The topological polar surface area (TPSA) is 41.6 Å². The Morgan fingerprint density at radius 2 is 2.14 bits per heavy atom. The molecule has 114 valence electrons. The summed E-state index contributed by atoms with van der Waals surface area (Å²) in [4.78, 5) is 14.3. The molecule has 1 amide bonds. The predicted molar refractivity (Wildman–Crippen MR) is 82.0 cm³/mol. The number of benzene rings is 1. The Balaban J connectivity index is 1.52. The molecule has 1 N–H and O–H groups in total. The first-order valence-electron chi connectivity index (χ1n) is 7.85. The standard InChI is InChI=1S/C17H24N2O2/c1-21-12-16(14-6-7-14)18-10-17(20)19-9-8-13-4-2-3-5-15(13)11-19/h2-5,14,16,18H,6-12H2,1H3. The second kappa shape index (κ2) is 6.58. The van der Waals surface area contributed by atoms with Crippen LogP contribution in [-0.4, -0.2) is 43.7 Å². The van der Waals surface area contributed by atoms with Crippen LogP contribution in [0.4, 0.5) is 0 Å². The summed E-state index contributed by atoms with van der Waals surface area (Å²) in [5.74, 6) is 0.895. The first-order chi connectivity index (χ1) is 10.3. The number of hydrogen-bond acceptors (Lipinski definition) is 3. The number of rotatable bonds is 6. The van der Waals surface area contributed by atoms with E-state index in [9.17, 15) is 4.79 Å². The van der Waals surface area contributed by atoms with Crippen LogP contribution in [0.1, 0.15) is 24.0 Å². The number of fused-ring (bicyclic) bond motifs is 1. The van der Waals surface area contributed by atoms with Gasteiger partial charge in [0.2, 0.25) is 5.91 Å². The summed E-state index contributed by atoms with van der Waals surface area (Å²) in [6, 6.07) is 8.74. The van der Waals surface area contributed by atoms with Gasteiger partial charge in [0.25, 0.3) is 0 Å². The molecule has 1 saturated carbocycles. The summed E-state index contributed by atoms with van der Waals surface area (Å²) < 4.78 is 5.24. The fourth-order valence-electron chi connectivity index (χ4n) is 3.08. The summed E-state index contributed by atoms with van der Waals surface area (Å²) in [7, 11) is 1.72. The zero-order valence-corrected chi connectivity index (χ0v) is 12.7. The van der Waals surface area contributed by atoms with Crippen molar-refractivity contribution in [3.63, 3.8) is 0 Å². The maximum Gasteiger partial charge on any atom is 0.236 e. The van der Waals surface area contributed by atoms with Gasteiger partial charge in [0.1, 0.15) is 0 Å². The van der Waals surface area contributed by atoms with Gasteiger partial charge < -0.3 is 15.0 Å². The number of methoxy groups -OCH3 is 1. The lowest BCUT2D eigenvalue weighted by molar-refractivity contribution is -0.131. The minimum Gasteiger partial charge on any atom is -0.383 e. The summed E-state index contributed by atoms with van der Waals surface area (Å²) >= 11 is 0. The van der Waals surface area contributed by atoms with E-state index in [1.165, 1.54) is 24.0 Å². The van der Waals surface area contributed by atoms with Crippen molar-refractivity contribution in [1.82, 2.24) is 10.2 Å². The molecule has 1 aromatic rings. The molecule has 0 bridgehead atoms. The van der Waals surface area contributed by atoms with Crippen LogP contribution < -0.4 is 5.32 Å². The van der Waals surface area contributed by atoms with Crippen LogP contribution in [0.3, 0.4) is 0 Å². The second-order valence-corrected chi connectivity index (χ2v) is 6.11. The van der Waals surface area contributed by atoms with E-state index in [1.807, 2.05) is 11.0 Å². The highest BCUT2D eigenvalue weighted by Crippen LogP contribution is 2.32. The largest absolute Gasteiger partial charge is 0.383 e. The van der Waals surface area contributed by atoms with Crippen LogP contribution in [0.25, 0.3) is 0 Å². The van der Waals surface area contributed by atoms with E-state index in [-0.39, 0.29) is 5.91 Å². The van der Waals surface area contributed by atoms with E-state index >= 15 is 0 Å². The van der Waals surface area contributed by atoms with Gasteiger partial charge in [-0.1, -0.05) is 24.3 Å². The van der Waals surface area contributed by atoms with Gasteiger partial charge in [-0.25, -0.2) is 0 Å². The first-order valence-corrected chi connectivity index (χ1v) is 7.85. The average Bonchev–Trinajstić information content (AvgIpc) is 3.35. The van der Waals surface area contributed by atoms with Crippen molar-refractivity contribution >= 4 is 5.91 Å². The molecular formula is C17H24N2O2. The zero-order chi connectivity index (χ0) is 14.7. The van der Waals surface area contributed by atoms with Crippen LogP contribution >= 0.6 is 0 Å². The minimum absolute atomic E-state index is 0.200. The van der Waals surface area contributed by atoms with Gasteiger partial charge >= 0.3 is 0 Å². The van der Waals surface area contributed by atoms with Crippen LogP contribution in [-0.2, 0) is 22.5 Å². The predicted octanol–water partition coefficient (Wildman–Crippen LogP) is 1.59. The van der Waals surface area contributed by atoms with Crippen LogP contribution in [0.15, 0.2) is 24.3 Å². The number of nitrogens with zero attached hydrogens (tertiary/aromatic N) is 1. The molecule has 0 aromatic heterocycles. The first kappa shape index (κ1) is 14.5. The third-order valence-corrected chi connectivity index (χ3v) is 4.54. The third kappa shape index (κ3) is 3.63. The van der Waals surface area contributed by atoms with Gasteiger partial charge in [-0.15, -0.1) is 0 Å². The Morgan fingerprint density at radius 3 is 2.86 bits per heavy atom. The molecule has 1 aliphatic carbocycles. The molecule has 1 aromatic carbocycles. The van der Waals surface area contributed by atoms with Gasteiger partial charge in [0.15, 0.2) is 0 Å². The quantitative estimate of drug-likeness (QED) is 0.864. The lowest BCUT2D eigenvalue weighted by Crippen LogP contribution is -2.45. The monoisotopic (exact) mass is 288 g/mol. The smallest absolute Gasteiger partial charge is 0.236 e. The molecule has 3 rings (SSSR count). The molecule has 1 aliphatic heterocycles. The Hall–Kier alpha value is -1.39. The number of ether oxygens (including phenoxy) is 1.